The van der Waals surface area contributed by atoms with Gasteiger partial charge in [0.2, 0.25) is 0 Å². The van der Waals surface area contributed by atoms with Gasteiger partial charge in [-0.05, 0) is 36.3 Å². The molecule has 1 atom stereocenters. The molecule has 0 nitrogen and oxygen atoms in total. The zero-order chi connectivity index (χ0) is 13.1. The summed E-state index contributed by atoms with van der Waals surface area (Å²) in [6.45, 7) is 6.35. The molecule has 0 fully saturated rings. The first-order chi connectivity index (χ1) is 7.82. The van der Waals surface area contributed by atoms with E-state index in [1.165, 1.54) is 0 Å². The summed E-state index contributed by atoms with van der Waals surface area (Å²) in [5.74, 6) is -0.295. The molecule has 0 aliphatic rings. The van der Waals surface area contributed by atoms with Crippen molar-refractivity contribution < 1.29 is 4.39 Å². The van der Waals surface area contributed by atoms with Gasteiger partial charge in [0.25, 0.3) is 0 Å². The van der Waals surface area contributed by atoms with Crippen LogP contribution in [0.15, 0.2) is 18.2 Å². The van der Waals surface area contributed by atoms with Crippen molar-refractivity contribution in [1.29, 1.82) is 0 Å². The molecule has 0 bridgehead atoms. The molecule has 0 amide bonds. The number of aryl methyl sites for hydroxylation is 1. The van der Waals surface area contributed by atoms with E-state index >= 15 is 0 Å². The molecule has 1 aromatic rings. The SMILES string of the molecule is CC(C)(C)C(Cl)CCCc1cccc(Cl)c1F. The molecule has 0 radical (unpaired) electrons. The van der Waals surface area contributed by atoms with Gasteiger partial charge < -0.3 is 0 Å². The second kappa shape index (κ2) is 6.06. The number of hydrogen-bond acceptors (Lipinski definition) is 0. The van der Waals surface area contributed by atoms with Crippen molar-refractivity contribution in [2.45, 2.75) is 45.4 Å². The molecule has 0 saturated heterocycles. The number of halogens is 3. The van der Waals surface area contributed by atoms with Crippen molar-refractivity contribution >= 4 is 23.2 Å². The third-order valence-corrected chi connectivity index (χ3v) is 4.04. The molecule has 3 heteroatoms. The van der Waals surface area contributed by atoms with E-state index in [2.05, 4.69) is 20.8 Å². The van der Waals surface area contributed by atoms with Gasteiger partial charge in [0.1, 0.15) is 5.82 Å². The highest BCUT2D eigenvalue weighted by Gasteiger charge is 2.21. The summed E-state index contributed by atoms with van der Waals surface area (Å²) in [6, 6.07) is 5.13. The van der Waals surface area contributed by atoms with E-state index in [0.717, 1.165) is 12.8 Å². The Kier molecular flexibility index (Phi) is 5.27. The summed E-state index contributed by atoms with van der Waals surface area (Å²) < 4.78 is 13.6. The molecule has 17 heavy (non-hydrogen) atoms. The molecule has 0 aliphatic carbocycles. The van der Waals surface area contributed by atoms with Crippen LogP contribution in [0.5, 0.6) is 0 Å². The van der Waals surface area contributed by atoms with Crippen molar-refractivity contribution in [3.63, 3.8) is 0 Å². The maximum Gasteiger partial charge on any atom is 0.144 e. The summed E-state index contributed by atoms with van der Waals surface area (Å²) in [4.78, 5) is 0. The minimum Gasteiger partial charge on any atom is -0.205 e. The van der Waals surface area contributed by atoms with Gasteiger partial charge in [0, 0.05) is 5.38 Å². The Balaban J connectivity index is 2.49. The van der Waals surface area contributed by atoms with E-state index in [9.17, 15) is 4.39 Å². The smallest absolute Gasteiger partial charge is 0.144 e. The fourth-order valence-corrected chi connectivity index (χ4v) is 1.99. The minimum absolute atomic E-state index is 0.0917. The van der Waals surface area contributed by atoms with E-state index in [1.54, 1.807) is 18.2 Å². The van der Waals surface area contributed by atoms with Crippen molar-refractivity contribution in [3.05, 3.63) is 34.6 Å². The lowest BCUT2D eigenvalue weighted by molar-refractivity contribution is 0.368. The molecule has 1 unspecified atom stereocenters. The van der Waals surface area contributed by atoms with Gasteiger partial charge in [0.05, 0.1) is 5.02 Å². The van der Waals surface area contributed by atoms with Crippen LogP contribution in [0.3, 0.4) is 0 Å². The Morgan fingerprint density at radius 1 is 1.29 bits per heavy atom. The topological polar surface area (TPSA) is 0 Å². The van der Waals surface area contributed by atoms with Gasteiger partial charge in [-0.1, -0.05) is 44.5 Å². The first-order valence-corrected chi connectivity index (χ1v) is 6.71. The Hall–Kier alpha value is -0.270. The maximum atomic E-state index is 13.6. The standard InChI is InChI=1S/C14H19Cl2F/c1-14(2,3)12(16)9-5-7-10-6-4-8-11(15)13(10)17/h4,6,8,12H,5,7,9H2,1-3H3. The first-order valence-electron chi connectivity index (χ1n) is 5.89. The molecule has 0 spiro atoms. The fourth-order valence-electron chi connectivity index (χ4n) is 1.65. The number of hydrogen-bond donors (Lipinski definition) is 0. The molecule has 0 aliphatic heterocycles. The minimum atomic E-state index is -0.295. The van der Waals surface area contributed by atoms with Crippen LogP contribution >= 0.6 is 23.2 Å². The van der Waals surface area contributed by atoms with Crippen LogP contribution in [0, 0.1) is 11.2 Å². The second-order valence-electron chi connectivity index (χ2n) is 5.44. The van der Waals surface area contributed by atoms with E-state index in [4.69, 9.17) is 23.2 Å². The monoisotopic (exact) mass is 276 g/mol. The Morgan fingerprint density at radius 2 is 1.94 bits per heavy atom. The molecule has 0 aromatic heterocycles. The predicted molar refractivity (Wildman–Crippen MR) is 73.4 cm³/mol. The van der Waals surface area contributed by atoms with Crippen LogP contribution in [0.25, 0.3) is 0 Å². The summed E-state index contributed by atoms with van der Waals surface area (Å²) >= 11 is 12.0. The zero-order valence-electron chi connectivity index (χ0n) is 10.6. The van der Waals surface area contributed by atoms with Crippen LogP contribution in [0.2, 0.25) is 5.02 Å². The first kappa shape index (κ1) is 14.8. The zero-order valence-corrected chi connectivity index (χ0v) is 12.1. The lowest BCUT2D eigenvalue weighted by Gasteiger charge is -2.25. The van der Waals surface area contributed by atoms with E-state index < -0.39 is 0 Å². The summed E-state index contributed by atoms with van der Waals surface area (Å²) in [7, 11) is 0. The number of benzene rings is 1. The summed E-state index contributed by atoms with van der Waals surface area (Å²) in [6.07, 6.45) is 2.45. The highest BCUT2D eigenvalue weighted by molar-refractivity contribution is 6.30. The Bertz CT molecular complexity index is 369. The van der Waals surface area contributed by atoms with E-state index in [-0.39, 0.29) is 21.6 Å². The number of rotatable bonds is 4. The Labute approximate surface area is 113 Å². The molecular formula is C14H19Cl2F. The van der Waals surface area contributed by atoms with Crippen molar-refractivity contribution in [3.8, 4) is 0 Å². The van der Waals surface area contributed by atoms with Gasteiger partial charge in [-0.25, -0.2) is 4.39 Å². The average Bonchev–Trinajstić information content (AvgIpc) is 2.22. The number of alkyl halides is 1. The lowest BCUT2D eigenvalue weighted by atomic mass is 9.88. The van der Waals surface area contributed by atoms with Gasteiger partial charge in [-0.2, -0.15) is 0 Å². The third-order valence-electron chi connectivity index (χ3n) is 2.87. The van der Waals surface area contributed by atoms with E-state index in [1.807, 2.05) is 0 Å². The van der Waals surface area contributed by atoms with Crippen LogP contribution in [-0.4, -0.2) is 5.38 Å². The van der Waals surface area contributed by atoms with Gasteiger partial charge in [-0.15, -0.1) is 11.6 Å². The van der Waals surface area contributed by atoms with Gasteiger partial charge >= 0.3 is 0 Å². The molecule has 96 valence electrons. The maximum absolute atomic E-state index is 13.6. The molecule has 0 heterocycles. The van der Waals surface area contributed by atoms with Crippen LogP contribution in [0.1, 0.15) is 39.2 Å². The van der Waals surface area contributed by atoms with Crippen molar-refractivity contribution in [2.24, 2.45) is 5.41 Å². The summed E-state index contributed by atoms with van der Waals surface area (Å²) in [5.41, 5.74) is 0.768. The largest absolute Gasteiger partial charge is 0.205 e. The van der Waals surface area contributed by atoms with Gasteiger partial charge in [-0.3, -0.25) is 0 Å². The lowest BCUT2D eigenvalue weighted by Crippen LogP contribution is -2.20. The predicted octanol–water partition coefficient (Wildman–Crippen LogP) is 5.46. The van der Waals surface area contributed by atoms with Crippen LogP contribution in [0.4, 0.5) is 4.39 Å². The molecular weight excluding hydrogens is 258 g/mol. The van der Waals surface area contributed by atoms with E-state index in [0.29, 0.717) is 12.0 Å². The Morgan fingerprint density at radius 3 is 2.53 bits per heavy atom. The second-order valence-corrected chi connectivity index (χ2v) is 6.37. The third kappa shape index (κ3) is 4.48. The van der Waals surface area contributed by atoms with Crippen molar-refractivity contribution in [2.75, 3.05) is 0 Å². The molecule has 0 N–H and O–H groups in total. The summed E-state index contributed by atoms with van der Waals surface area (Å²) in [5, 5.41) is 0.311. The highest BCUT2D eigenvalue weighted by atomic mass is 35.5. The molecule has 1 aromatic carbocycles. The van der Waals surface area contributed by atoms with Gasteiger partial charge in [0.15, 0.2) is 0 Å². The fraction of sp³-hybridized carbons (Fsp3) is 0.571. The van der Waals surface area contributed by atoms with Crippen molar-refractivity contribution in [1.82, 2.24) is 0 Å². The molecule has 1 rings (SSSR count). The highest BCUT2D eigenvalue weighted by Crippen LogP contribution is 2.29. The quantitative estimate of drug-likeness (QED) is 0.641. The molecule has 0 saturated carbocycles. The van der Waals surface area contributed by atoms with Crippen LogP contribution < -0.4 is 0 Å². The average molecular weight is 277 g/mol. The van der Waals surface area contributed by atoms with Crippen LogP contribution in [-0.2, 0) is 6.42 Å². The normalized spacial score (nSPS) is 13.8.